The Kier molecular flexibility index (Phi) is 3.83. The molecule has 0 spiro atoms. The third-order valence-electron chi connectivity index (χ3n) is 4.44. The molecule has 3 heterocycles. The summed E-state index contributed by atoms with van der Waals surface area (Å²) in [5, 5.41) is 4.32. The summed E-state index contributed by atoms with van der Waals surface area (Å²) in [4.78, 5) is 15.7. The Bertz CT molecular complexity index is 1030. The van der Waals surface area contributed by atoms with E-state index in [1.54, 1.807) is 10.8 Å². The first-order valence-electron chi connectivity index (χ1n) is 8.48. The smallest absolute Gasteiger partial charge is 0.254 e. The zero-order valence-corrected chi connectivity index (χ0v) is 14.7. The van der Waals surface area contributed by atoms with Gasteiger partial charge in [-0.05, 0) is 18.6 Å². The van der Waals surface area contributed by atoms with Crippen molar-refractivity contribution in [1.82, 2.24) is 29.1 Å². The molecule has 0 saturated carbocycles. The molecule has 0 aliphatic carbocycles. The number of benzene rings is 1. The molecule has 0 N–H and O–H groups in total. The van der Waals surface area contributed by atoms with E-state index in [9.17, 15) is 0 Å². The first kappa shape index (κ1) is 15.6. The zero-order chi connectivity index (χ0) is 17.4. The first-order chi connectivity index (χ1) is 12.2. The highest BCUT2D eigenvalue weighted by Crippen LogP contribution is 2.20. The summed E-state index contributed by atoms with van der Waals surface area (Å²) in [5.74, 6) is 2.61. The van der Waals surface area contributed by atoms with Gasteiger partial charge >= 0.3 is 0 Å². The fourth-order valence-corrected chi connectivity index (χ4v) is 3.13. The van der Waals surface area contributed by atoms with E-state index in [2.05, 4.69) is 50.6 Å². The molecule has 0 amide bonds. The molecule has 1 aromatic carbocycles. The van der Waals surface area contributed by atoms with E-state index in [0.717, 1.165) is 41.2 Å². The molecule has 0 saturated heterocycles. The van der Waals surface area contributed by atoms with E-state index in [-0.39, 0.29) is 0 Å². The minimum absolute atomic E-state index is 0.637. The van der Waals surface area contributed by atoms with Gasteiger partial charge in [-0.1, -0.05) is 25.5 Å². The highest BCUT2D eigenvalue weighted by atomic mass is 15.4. The monoisotopic (exact) mass is 335 g/mol. The zero-order valence-electron chi connectivity index (χ0n) is 14.7. The lowest BCUT2D eigenvalue weighted by Gasteiger charge is -2.20. The van der Waals surface area contributed by atoms with E-state index in [0.29, 0.717) is 12.3 Å². The average Bonchev–Trinajstić information content (AvgIpc) is 3.20. The van der Waals surface area contributed by atoms with Crippen LogP contribution in [0.15, 0.2) is 36.7 Å². The lowest BCUT2D eigenvalue weighted by Crippen LogP contribution is -2.22. The van der Waals surface area contributed by atoms with Crippen molar-refractivity contribution in [1.29, 1.82) is 0 Å². The summed E-state index contributed by atoms with van der Waals surface area (Å²) in [6.45, 7) is 2.83. The van der Waals surface area contributed by atoms with Crippen molar-refractivity contribution in [3.8, 4) is 0 Å². The predicted octanol–water partition coefficient (Wildman–Crippen LogP) is 2.60. The van der Waals surface area contributed by atoms with Crippen LogP contribution in [-0.2, 0) is 20.0 Å². The molecule has 0 radical (unpaired) electrons. The van der Waals surface area contributed by atoms with E-state index >= 15 is 0 Å². The van der Waals surface area contributed by atoms with Crippen LogP contribution in [0.5, 0.6) is 0 Å². The van der Waals surface area contributed by atoms with Crippen LogP contribution in [0.4, 0.5) is 5.82 Å². The molecule has 0 unspecified atom stereocenters. The lowest BCUT2D eigenvalue weighted by molar-refractivity contribution is 0.747. The number of nitrogens with zero attached hydrogens (tertiary/aromatic N) is 7. The van der Waals surface area contributed by atoms with Crippen LogP contribution in [-0.4, -0.2) is 36.2 Å². The van der Waals surface area contributed by atoms with E-state index in [1.807, 2.05) is 25.2 Å². The maximum atomic E-state index is 4.76. The Labute approximate surface area is 146 Å². The molecule has 0 fully saturated rings. The number of hydrogen-bond donors (Lipinski definition) is 0. The molecule has 4 rings (SSSR count). The van der Waals surface area contributed by atoms with Gasteiger partial charge in [0.05, 0.1) is 17.6 Å². The maximum Gasteiger partial charge on any atom is 0.254 e. The number of hydrogen-bond acceptors (Lipinski definition) is 5. The Morgan fingerprint density at radius 1 is 1.16 bits per heavy atom. The van der Waals surface area contributed by atoms with Crippen molar-refractivity contribution in [2.75, 3.05) is 11.9 Å². The maximum absolute atomic E-state index is 4.76. The normalized spacial score (nSPS) is 11.5. The molecule has 3 aromatic heterocycles. The number of aromatic nitrogens is 6. The second kappa shape index (κ2) is 6.16. The Morgan fingerprint density at radius 3 is 2.80 bits per heavy atom. The Hall–Kier alpha value is -2.96. The van der Waals surface area contributed by atoms with Crippen molar-refractivity contribution >= 4 is 22.6 Å². The predicted molar refractivity (Wildman–Crippen MR) is 97.6 cm³/mol. The van der Waals surface area contributed by atoms with Crippen molar-refractivity contribution in [3.63, 3.8) is 0 Å². The third kappa shape index (κ3) is 2.71. The van der Waals surface area contributed by atoms with Gasteiger partial charge in [0, 0.05) is 25.9 Å². The molecular formula is C18H21N7. The number of imidazole rings is 1. The van der Waals surface area contributed by atoms with Crippen LogP contribution in [0.2, 0.25) is 0 Å². The van der Waals surface area contributed by atoms with Gasteiger partial charge < -0.3 is 9.47 Å². The van der Waals surface area contributed by atoms with Gasteiger partial charge in [0.1, 0.15) is 18.0 Å². The van der Waals surface area contributed by atoms with Crippen molar-refractivity contribution in [2.45, 2.75) is 26.3 Å². The van der Waals surface area contributed by atoms with Crippen LogP contribution in [0.25, 0.3) is 16.8 Å². The molecule has 0 aliphatic heterocycles. The van der Waals surface area contributed by atoms with E-state index < -0.39 is 0 Å². The van der Waals surface area contributed by atoms with Gasteiger partial charge in [-0.3, -0.25) is 0 Å². The molecule has 0 aliphatic rings. The fraction of sp³-hybridized carbons (Fsp3) is 0.333. The van der Waals surface area contributed by atoms with Crippen molar-refractivity contribution in [2.24, 2.45) is 7.05 Å². The van der Waals surface area contributed by atoms with Gasteiger partial charge in [0.15, 0.2) is 0 Å². The van der Waals surface area contributed by atoms with Crippen LogP contribution in [0.1, 0.15) is 24.9 Å². The third-order valence-corrected chi connectivity index (χ3v) is 4.44. The van der Waals surface area contributed by atoms with E-state index in [1.165, 1.54) is 0 Å². The van der Waals surface area contributed by atoms with Gasteiger partial charge in [-0.2, -0.15) is 14.6 Å². The SMILES string of the molecule is CCCc1cc(N(C)Cc2nc3ccccc3n2C)n2ncnc2n1. The van der Waals surface area contributed by atoms with Crippen LogP contribution in [0.3, 0.4) is 0 Å². The molecule has 7 nitrogen and oxygen atoms in total. The van der Waals surface area contributed by atoms with Crippen molar-refractivity contribution in [3.05, 3.63) is 48.2 Å². The minimum Gasteiger partial charge on any atom is -0.352 e. The first-order valence-corrected chi connectivity index (χ1v) is 8.48. The average molecular weight is 335 g/mol. The van der Waals surface area contributed by atoms with Gasteiger partial charge in [-0.15, -0.1) is 0 Å². The summed E-state index contributed by atoms with van der Waals surface area (Å²) in [6, 6.07) is 10.3. The van der Waals surface area contributed by atoms with Gasteiger partial charge in [0.25, 0.3) is 5.78 Å². The number of anilines is 1. The summed E-state index contributed by atoms with van der Waals surface area (Å²) in [5.41, 5.74) is 3.19. The van der Waals surface area contributed by atoms with Gasteiger partial charge in [0.2, 0.25) is 0 Å². The number of aryl methyl sites for hydroxylation is 2. The molecule has 0 bridgehead atoms. The number of fused-ring (bicyclic) bond motifs is 2. The second-order valence-corrected chi connectivity index (χ2v) is 6.26. The largest absolute Gasteiger partial charge is 0.352 e. The Balaban J connectivity index is 1.72. The molecule has 128 valence electrons. The highest BCUT2D eigenvalue weighted by molar-refractivity contribution is 5.75. The van der Waals surface area contributed by atoms with Crippen LogP contribution < -0.4 is 4.90 Å². The number of rotatable bonds is 5. The summed E-state index contributed by atoms with van der Waals surface area (Å²) >= 11 is 0. The second-order valence-electron chi connectivity index (χ2n) is 6.26. The van der Waals surface area contributed by atoms with E-state index in [4.69, 9.17) is 4.98 Å². The molecule has 25 heavy (non-hydrogen) atoms. The minimum atomic E-state index is 0.637. The number of para-hydroxylation sites is 2. The molecular weight excluding hydrogens is 314 g/mol. The van der Waals surface area contributed by atoms with Gasteiger partial charge in [-0.25, -0.2) is 9.97 Å². The van der Waals surface area contributed by atoms with Crippen molar-refractivity contribution < 1.29 is 0 Å². The standard InChI is InChI=1S/C18H21N7/c1-4-7-13-10-17(25-18(21-13)19-12-20-25)23(2)11-16-22-14-8-5-6-9-15(14)24(16)3/h5-6,8-10,12H,4,7,11H2,1-3H3. The topological polar surface area (TPSA) is 64.1 Å². The molecule has 4 aromatic rings. The summed E-state index contributed by atoms with van der Waals surface area (Å²) < 4.78 is 3.92. The lowest BCUT2D eigenvalue weighted by atomic mass is 10.2. The van der Waals surface area contributed by atoms with Crippen LogP contribution >= 0.6 is 0 Å². The summed E-state index contributed by atoms with van der Waals surface area (Å²) in [7, 11) is 4.10. The quantitative estimate of drug-likeness (QED) is 0.561. The fourth-order valence-electron chi connectivity index (χ4n) is 3.13. The Morgan fingerprint density at radius 2 is 2.00 bits per heavy atom. The van der Waals surface area contributed by atoms with Crippen LogP contribution in [0, 0.1) is 0 Å². The molecule has 0 atom stereocenters. The molecule has 7 heteroatoms. The summed E-state index contributed by atoms with van der Waals surface area (Å²) in [6.07, 6.45) is 3.52. The highest BCUT2D eigenvalue weighted by Gasteiger charge is 2.15.